The molecule has 20 heavy (non-hydrogen) atoms. The molecule has 0 aromatic heterocycles. The molecule has 0 aliphatic heterocycles. The molecule has 0 fully saturated rings. The standard InChI is InChI=1S/C17H30O3/c1-4-5-6-7-8-9-10-13-16(18)14-11-12-15-17(19-2)20-3/h8-13,16-18H,4-7,14-15H2,1-3H3. The normalized spacial score (nSPS) is 14.2. The fraction of sp³-hybridized carbons (Fsp3) is 0.647. The highest BCUT2D eigenvalue weighted by atomic mass is 16.7. The van der Waals surface area contributed by atoms with Gasteiger partial charge in [-0.2, -0.15) is 0 Å². The summed E-state index contributed by atoms with van der Waals surface area (Å²) in [6.45, 7) is 2.20. The van der Waals surface area contributed by atoms with Crippen LogP contribution in [0.15, 0.2) is 36.5 Å². The summed E-state index contributed by atoms with van der Waals surface area (Å²) in [5.41, 5.74) is 0. The summed E-state index contributed by atoms with van der Waals surface area (Å²) in [4.78, 5) is 0. The zero-order valence-corrected chi connectivity index (χ0v) is 13.1. The van der Waals surface area contributed by atoms with Gasteiger partial charge in [0.25, 0.3) is 0 Å². The van der Waals surface area contributed by atoms with Gasteiger partial charge in [0.05, 0.1) is 6.10 Å². The van der Waals surface area contributed by atoms with Gasteiger partial charge in [-0.15, -0.1) is 0 Å². The zero-order valence-electron chi connectivity index (χ0n) is 13.1. The molecule has 0 aromatic carbocycles. The monoisotopic (exact) mass is 282 g/mol. The summed E-state index contributed by atoms with van der Waals surface area (Å²) < 4.78 is 10.1. The minimum Gasteiger partial charge on any atom is -0.389 e. The van der Waals surface area contributed by atoms with Crippen molar-refractivity contribution in [3.05, 3.63) is 36.5 Å². The van der Waals surface area contributed by atoms with Crippen molar-refractivity contribution in [2.45, 2.75) is 57.8 Å². The van der Waals surface area contributed by atoms with E-state index in [4.69, 9.17) is 9.47 Å². The molecule has 0 aromatic rings. The van der Waals surface area contributed by atoms with Crippen molar-refractivity contribution in [1.82, 2.24) is 0 Å². The largest absolute Gasteiger partial charge is 0.389 e. The van der Waals surface area contributed by atoms with Gasteiger partial charge >= 0.3 is 0 Å². The molecule has 0 spiro atoms. The number of aliphatic hydroxyl groups is 1. The first-order valence-corrected chi connectivity index (χ1v) is 7.46. The Morgan fingerprint density at radius 3 is 2.30 bits per heavy atom. The Morgan fingerprint density at radius 1 is 0.950 bits per heavy atom. The van der Waals surface area contributed by atoms with Crippen molar-refractivity contribution in [2.75, 3.05) is 14.2 Å². The van der Waals surface area contributed by atoms with Crippen LogP contribution >= 0.6 is 0 Å². The summed E-state index contributed by atoms with van der Waals surface area (Å²) >= 11 is 0. The third-order valence-corrected chi connectivity index (χ3v) is 2.95. The van der Waals surface area contributed by atoms with Crippen molar-refractivity contribution in [3.8, 4) is 0 Å². The van der Waals surface area contributed by atoms with Crippen molar-refractivity contribution < 1.29 is 14.6 Å². The maximum absolute atomic E-state index is 9.74. The Balaban J connectivity index is 3.71. The summed E-state index contributed by atoms with van der Waals surface area (Å²) in [7, 11) is 3.23. The molecule has 1 unspecified atom stereocenters. The van der Waals surface area contributed by atoms with Crippen LogP contribution in [-0.4, -0.2) is 31.7 Å². The van der Waals surface area contributed by atoms with E-state index in [1.807, 2.05) is 30.4 Å². The fourth-order valence-corrected chi connectivity index (χ4v) is 1.69. The fourth-order valence-electron chi connectivity index (χ4n) is 1.69. The molecule has 1 atom stereocenters. The Labute approximate surface area is 124 Å². The topological polar surface area (TPSA) is 38.7 Å². The Bertz CT molecular complexity index is 278. The lowest BCUT2D eigenvalue weighted by Crippen LogP contribution is -2.11. The number of hydrogen-bond acceptors (Lipinski definition) is 3. The molecule has 3 nitrogen and oxygen atoms in total. The van der Waals surface area contributed by atoms with Crippen molar-refractivity contribution >= 4 is 0 Å². The van der Waals surface area contributed by atoms with Gasteiger partial charge in [-0.05, 0) is 19.3 Å². The van der Waals surface area contributed by atoms with Crippen molar-refractivity contribution in [1.29, 1.82) is 0 Å². The summed E-state index contributed by atoms with van der Waals surface area (Å²) in [5.74, 6) is 0. The Kier molecular flexibility index (Phi) is 13.9. The lowest BCUT2D eigenvalue weighted by molar-refractivity contribution is -0.0986. The predicted octanol–water partition coefficient (Wildman–Crippen LogP) is 4.00. The summed E-state index contributed by atoms with van der Waals surface area (Å²) in [6, 6.07) is 0. The van der Waals surface area contributed by atoms with Gasteiger partial charge in [0.15, 0.2) is 6.29 Å². The van der Waals surface area contributed by atoms with Crippen molar-refractivity contribution in [3.63, 3.8) is 0 Å². The maximum atomic E-state index is 9.74. The van der Waals surface area contributed by atoms with Gasteiger partial charge in [0, 0.05) is 20.6 Å². The van der Waals surface area contributed by atoms with Crippen LogP contribution in [0.1, 0.15) is 45.4 Å². The van der Waals surface area contributed by atoms with Crippen LogP contribution < -0.4 is 0 Å². The molecular formula is C17H30O3. The molecule has 0 aliphatic rings. The van der Waals surface area contributed by atoms with E-state index < -0.39 is 6.10 Å². The van der Waals surface area contributed by atoms with Gasteiger partial charge in [-0.25, -0.2) is 0 Å². The highest BCUT2D eigenvalue weighted by Crippen LogP contribution is 2.03. The molecule has 0 saturated heterocycles. The molecule has 0 aliphatic carbocycles. The van der Waals surface area contributed by atoms with Gasteiger partial charge in [-0.3, -0.25) is 0 Å². The number of rotatable bonds is 12. The smallest absolute Gasteiger partial charge is 0.160 e. The molecule has 116 valence electrons. The number of allylic oxidation sites excluding steroid dienone is 3. The second-order valence-corrected chi connectivity index (χ2v) is 4.72. The zero-order chi connectivity index (χ0) is 15.1. The lowest BCUT2D eigenvalue weighted by Gasteiger charge is -2.09. The number of methoxy groups -OCH3 is 2. The average Bonchev–Trinajstić information content (AvgIpc) is 2.46. The van der Waals surface area contributed by atoms with Crippen LogP contribution in [0.4, 0.5) is 0 Å². The van der Waals surface area contributed by atoms with Gasteiger partial charge in [0.2, 0.25) is 0 Å². The van der Waals surface area contributed by atoms with E-state index in [0.717, 1.165) is 6.42 Å². The second-order valence-electron chi connectivity index (χ2n) is 4.72. The molecule has 0 amide bonds. The number of unbranched alkanes of at least 4 members (excludes halogenated alkanes) is 3. The van der Waals surface area contributed by atoms with Crippen LogP contribution in [0.25, 0.3) is 0 Å². The SMILES string of the molecule is CCCCCC=CC=CC(O)CC=CCC(OC)OC. The van der Waals surface area contributed by atoms with E-state index in [0.29, 0.717) is 12.8 Å². The van der Waals surface area contributed by atoms with E-state index in [-0.39, 0.29) is 6.29 Å². The molecule has 0 saturated carbocycles. The number of aliphatic hydroxyl groups excluding tert-OH is 1. The number of ether oxygens (including phenoxy) is 2. The average molecular weight is 282 g/mol. The van der Waals surface area contributed by atoms with E-state index in [9.17, 15) is 5.11 Å². The molecule has 0 rings (SSSR count). The first kappa shape index (κ1) is 19.1. The lowest BCUT2D eigenvalue weighted by atomic mass is 10.2. The maximum Gasteiger partial charge on any atom is 0.160 e. The van der Waals surface area contributed by atoms with Crippen LogP contribution in [0, 0.1) is 0 Å². The molecular weight excluding hydrogens is 252 g/mol. The Hall–Kier alpha value is -0.900. The molecule has 3 heteroatoms. The summed E-state index contributed by atoms with van der Waals surface area (Å²) in [6.07, 6.45) is 17.4. The van der Waals surface area contributed by atoms with E-state index >= 15 is 0 Å². The van der Waals surface area contributed by atoms with E-state index in [2.05, 4.69) is 13.0 Å². The van der Waals surface area contributed by atoms with Gasteiger partial charge in [-0.1, -0.05) is 56.2 Å². The minimum atomic E-state index is -0.435. The minimum absolute atomic E-state index is 0.204. The third kappa shape index (κ3) is 12.2. The summed E-state index contributed by atoms with van der Waals surface area (Å²) in [5, 5.41) is 9.74. The number of hydrogen-bond donors (Lipinski definition) is 1. The van der Waals surface area contributed by atoms with E-state index in [1.165, 1.54) is 19.3 Å². The second kappa shape index (κ2) is 14.5. The van der Waals surface area contributed by atoms with Crippen LogP contribution in [0.2, 0.25) is 0 Å². The first-order chi connectivity index (χ1) is 9.74. The van der Waals surface area contributed by atoms with Crippen molar-refractivity contribution in [2.24, 2.45) is 0 Å². The van der Waals surface area contributed by atoms with Crippen LogP contribution in [-0.2, 0) is 9.47 Å². The molecule has 0 heterocycles. The van der Waals surface area contributed by atoms with Gasteiger partial charge in [0.1, 0.15) is 0 Å². The Morgan fingerprint density at radius 2 is 1.65 bits per heavy atom. The highest BCUT2D eigenvalue weighted by Gasteiger charge is 2.00. The molecule has 0 bridgehead atoms. The quantitative estimate of drug-likeness (QED) is 0.254. The molecule has 1 N–H and O–H groups in total. The van der Waals surface area contributed by atoms with Gasteiger partial charge < -0.3 is 14.6 Å². The third-order valence-electron chi connectivity index (χ3n) is 2.95. The van der Waals surface area contributed by atoms with E-state index in [1.54, 1.807) is 14.2 Å². The first-order valence-electron chi connectivity index (χ1n) is 7.46. The highest BCUT2D eigenvalue weighted by molar-refractivity contribution is 5.05. The molecule has 0 radical (unpaired) electrons. The van der Waals surface area contributed by atoms with Crippen LogP contribution in [0.5, 0.6) is 0 Å². The predicted molar refractivity (Wildman–Crippen MR) is 84.6 cm³/mol. The van der Waals surface area contributed by atoms with Crippen LogP contribution in [0.3, 0.4) is 0 Å².